The first kappa shape index (κ1) is 25.1. The van der Waals surface area contributed by atoms with Crippen LogP contribution in [0.1, 0.15) is 48.7 Å². The van der Waals surface area contributed by atoms with Crippen molar-refractivity contribution in [1.82, 2.24) is 10.6 Å². The van der Waals surface area contributed by atoms with E-state index in [1.54, 1.807) is 24.3 Å². The molecule has 0 unspecified atom stereocenters. The minimum Gasteiger partial charge on any atom is -0.493 e. The lowest BCUT2D eigenvalue weighted by molar-refractivity contribution is -0.120. The van der Waals surface area contributed by atoms with Gasteiger partial charge in [-0.1, -0.05) is 39.0 Å². The fourth-order valence-electron chi connectivity index (χ4n) is 3.01. The van der Waals surface area contributed by atoms with Crippen molar-refractivity contribution in [1.29, 1.82) is 0 Å². The number of carbonyl (C=O) groups is 2. The molecule has 2 aromatic rings. The molecule has 0 aliphatic rings. The molecular formula is C24H30F2N2O4. The highest BCUT2D eigenvalue weighted by Crippen LogP contribution is 2.29. The van der Waals surface area contributed by atoms with E-state index in [1.807, 2.05) is 12.1 Å². The minimum atomic E-state index is -2.95. The van der Waals surface area contributed by atoms with E-state index >= 15 is 0 Å². The lowest BCUT2D eigenvalue weighted by atomic mass is 9.87. The Morgan fingerprint density at radius 3 is 2.25 bits per heavy atom. The van der Waals surface area contributed by atoms with Crippen molar-refractivity contribution in [3.05, 3.63) is 59.2 Å². The number of amides is 2. The maximum absolute atomic E-state index is 12.5. The summed E-state index contributed by atoms with van der Waals surface area (Å²) in [5, 5.41) is 5.48. The SMILES string of the molecule is COc1ccc(CCNC(=O)CCNC(=O)c2ccc(C(C)(C)C)cc2)cc1OC(F)F. The quantitative estimate of drug-likeness (QED) is 0.575. The van der Waals surface area contributed by atoms with E-state index in [0.29, 0.717) is 24.1 Å². The van der Waals surface area contributed by atoms with Crippen LogP contribution in [0.15, 0.2) is 42.5 Å². The Morgan fingerprint density at radius 2 is 1.66 bits per heavy atom. The van der Waals surface area contributed by atoms with Crippen LogP contribution in [-0.2, 0) is 16.6 Å². The largest absolute Gasteiger partial charge is 0.493 e. The Kier molecular flexibility index (Phi) is 8.99. The second kappa shape index (κ2) is 11.5. The lowest BCUT2D eigenvalue weighted by Gasteiger charge is -2.19. The van der Waals surface area contributed by atoms with Crippen LogP contribution in [0.3, 0.4) is 0 Å². The predicted octanol–water partition coefficient (Wildman–Crippen LogP) is 4.07. The first-order valence-corrected chi connectivity index (χ1v) is 10.4. The molecule has 174 valence electrons. The maximum atomic E-state index is 12.5. The Hall–Kier alpha value is -3.16. The third-order valence-electron chi connectivity index (χ3n) is 4.83. The Labute approximate surface area is 187 Å². The number of ether oxygens (including phenoxy) is 2. The van der Waals surface area contributed by atoms with Crippen LogP contribution in [0.2, 0.25) is 0 Å². The summed E-state index contributed by atoms with van der Waals surface area (Å²) in [5.41, 5.74) is 2.41. The Morgan fingerprint density at radius 1 is 0.969 bits per heavy atom. The number of methoxy groups -OCH3 is 1. The first-order chi connectivity index (χ1) is 15.1. The number of alkyl halides is 2. The summed E-state index contributed by atoms with van der Waals surface area (Å²) in [6.45, 7) is 3.88. The molecular weight excluding hydrogens is 418 g/mol. The molecule has 0 saturated heterocycles. The van der Waals surface area contributed by atoms with Gasteiger partial charge in [-0.15, -0.1) is 0 Å². The van der Waals surface area contributed by atoms with E-state index in [2.05, 4.69) is 36.1 Å². The van der Waals surface area contributed by atoms with E-state index < -0.39 is 6.61 Å². The average molecular weight is 449 g/mol. The zero-order valence-corrected chi connectivity index (χ0v) is 18.8. The van der Waals surface area contributed by atoms with Gasteiger partial charge in [-0.2, -0.15) is 8.78 Å². The molecule has 0 atom stereocenters. The van der Waals surface area contributed by atoms with Crippen LogP contribution in [0.25, 0.3) is 0 Å². The summed E-state index contributed by atoms with van der Waals surface area (Å²) in [6, 6.07) is 12.1. The smallest absolute Gasteiger partial charge is 0.387 e. The molecule has 2 N–H and O–H groups in total. The number of hydrogen-bond donors (Lipinski definition) is 2. The predicted molar refractivity (Wildman–Crippen MR) is 118 cm³/mol. The van der Waals surface area contributed by atoms with E-state index in [9.17, 15) is 18.4 Å². The van der Waals surface area contributed by atoms with Crippen LogP contribution in [0.4, 0.5) is 8.78 Å². The minimum absolute atomic E-state index is 0.0103. The Balaban J connectivity index is 1.74. The van der Waals surface area contributed by atoms with E-state index in [4.69, 9.17) is 4.74 Å². The number of rotatable bonds is 10. The molecule has 0 aromatic heterocycles. The lowest BCUT2D eigenvalue weighted by Crippen LogP contribution is -2.31. The monoisotopic (exact) mass is 448 g/mol. The van der Waals surface area contributed by atoms with Gasteiger partial charge in [0.25, 0.3) is 5.91 Å². The highest BCUT2D eigenvalue weighted by atomic mass is 19.3. The van der Waals surface area contributed by atoms with E-state index in [0.717, 1.165) is 5.56 Å². The van der Waals surface area contributed by atoms with Gasteiger partial charge >= 0.3 is 6.61 Å². The van der Waals surface area contributed by atoms with Crippen LogP contribution in [0, 0.1) is 0 Å². The van der Waals surface area contributed by atoms with Crippen molar-refractivity contribution in [2.75, 3.05) is 20.2 Å². The fraction of sp³-hybridized carbons (Fsp3) is 0.417. The molecule has 0 radical (unpaired) electrons. The highest BCUT2D eigenvalue weighted by Gasteiger charge is 2.15. The van der Waals surface area contributed by atoms with Crippen LogP contribution in [-0.4, -0.2) is 38.6 Å². The molecule has 2 amide bonds. The first-order valence-electron chi connectivity index (χ1n) is 10.4. The summed E-state index contributed by atoms with van der Waals surface area (Å²) >= 11 is 0. The summed E-state index contributed by atoms with van der Waals surface area (Å²) < 4.78 is 34.5. The second-order valence-electron chi connectivity index (χ2n) is 8.30. The van der Waals surface area contributed by atoms with Crippen LogP contribution < -0.4 is 20.1 Å². The van der Waals surface area contributed by atoms with Crippen molar-refractivity contribution in [3.8, 4) is 11.5 Å². The number of nitrogens with one attached hydrogen (secondary N) is 2. The van der Waals surface area contributed by atoms with Crippen molar-refractivity contribution in [3.63, 3.8) is 0 Å². The van der Waals surface area contributed by atoms with Gasteiger partial charge in [0.2, 0.25) is 5.91 Å². The molecule has 0 aliphatic carbocycles. The van der Waals surface area contributed by atoms with Gasteiger partial charge in [-0.3, -0.25) is 9.59 Å². The third-order valence-corrected chi connectivity index (χ3v) is 4.83. The summed E-state index contributed by atoms with van der Waals surface area (Å²) in [7, 11) is 1.37. The maximum Gasteiger partial charge on any atom is 0.387 e. The zero-order valence-electron chi connectivity index (χ0n) is 18.8. The van der Waals surface area contributed by atoms with Gasteiger partial charge in [0, 0.05) is 25.1 Å². The number of halogens is 2. The molecule has 0 aliphatic heterocycles. The van der Waals surface area contributed by atoms with Crippen molar-refractivity contribution < 1.29 is 27.8 Å². The van der Waals surface area contributed by atoms with Crippen LogP contribution in [0.5, 0.6) is 11.5 Å². The molecule has 0 bridgehead atoms. The average Bonchev–Trinajstić information content (AvgIpc) is 2.73. The number of benzene rings is 2. The van der Waals surface area contributed by atoms with Gasteiger partial charge < -0.3 is 20.1 Å². The highest BCUT2D eigenvalue weighted by molar-refractivity contribution is 5.94. The fourth-order valence-corrected chi connectivity index (χ4v) is 3.01. The molecule has 0 spiro atoms. The van der Waals surface area contributed by atoms with Crippen molar-refractivity contribution in [2.24, 2.45) is 0 Å². The van der Waals surface area contributed by atoms with Gasteiger partial charge in [-0.25, -0.2) is 0 Å². The van der Waals surface area contributed by atoms with Gasteiger partial charge in [0.05, 0.1) is 7.11 Å². The number of carbonyl (C=O) groups excluding carboxylic acids is 2. The van der Waals surface area contributed by atoms with Gasteiger partial charge in [0.1, 0.15) is 0 Å². The van der Waals surface area contributed by atoms with Crippen LogP contribution >= 0.6 is 0 Å². The molecule has 0 fully saturated rings. The Bertz CT molecular complexity index is 909. The van der Waals surface area contributed by atoms with E-state index in [-0.39, 0.29) is 41.7 Å². The third kappa shape index (κ3) is 7.83. The standard InChI is InChI=1S/C24H30F2N2O4/c1-24(2,3)18-8-6-17(7-9-18)22(30)28-14-12-21(29)27-13-11-16-5-10-19(31-4)20(15-16)32-23(25)26/h5-10,15,23H,11-14H2,1-4H3,(H,27,29)(H,28,30). The normalized spacial score (nSPS) is 11.2. The number of hydrogen-bond acceptors (Lipinski definition) is 4. The van der Waals surface area contributed by atoms with Gasteiger partial charge in [0.15, 0.2) is 11.5 Å². The molecule has 32 heavy (non-hydrogen) atoms. The molecule has 2 aromatic carbocycles. The van der Waals surface area contributed by atoms with Gasteiger partial charge in [-0.05, 0) is 47.2 Å². The molecule has 6 nitrogen and oxygen atoms in total. The summed E-state index contributed by atoms with van der Waals surface area (Å²) in [4.78, 5) is 24.2. The zero-order chi connectivity index (χ0) is 23.7. The molecule has 2 rings (SSSR count). The topological polar surface area (TPSA) is 76.7 Å². The molecule has 8 heteroatoms. The molecule has 0 saturated carbocycles. The summed E-state index contributed by atoms with van der Waals surface area (Å²) in [6.07, 6.45) is 0.565. The molecule has 0 heterocycles. The van der Waals surface area contributed by atoms with Crippen molar-refractivity contribution >= 4 is 11.8 Å². The second-order valence-corrected chi connectivity index (χ2v) is 8.30. The van der Waals surface area contributed by atoms with Crippen molar-refractivity contribution in [2.45, 2.75) is 45.6 Å². The summed E-state index contributed by atoms with van der Waals surface area (Å²) in [5.74, 6) is -0.291. The van der Waals surface area contributed by atoms with E-state index in [1.165, 1.54) is 13.2 Å².